The normalized spacial score (nSPS) is 11.9. The van der Waals surface area contributed by atoms with Gasteiger partial charge in [0.1, 0.15) is 5.75 Å². The third kappa shape index (κ3) is 3.95. The molecule has 3 N–H and O–H groups in total. The Morgan fingerprint density at radius 2 is 2.22 bits per heavy atom. The standard InChI is InChI=1S/C14H22N2O2/c1-4-5-6-10(2)14(17)16-11-7-8-12(15)13(9-11)18-3/h7-10H,4-6,15H2,1-3H3,(H,16,17). The van der Waals surface area contributed by atoms with Crippen LogP contribution >= 0.6 is 0 Å². The highest BCUT2D eigenvalue weighted by Gasteiger charge is 2.12. The molecule has 0 spiro atoms. The molecule has 1 rings (SSSR count). The van der Waals surface area contributed by atoms with Crippen molar-refractivity contribution in [2.75, 3.05) is 18.2 Å². The van der Waals surface area contributed by atoms with E-state index in [1.165, 1.54) is 0 Å². The van der Waals surface area contributed by atoms with E-state index in [0.29, 0.717) is 11.4 Å². The number of nitrogens with one attached hydrogen (secondary N) is 1. The number of nitrogen functional groups attached to an aromatic ring is 1. The summed E-state index contributed by atoms with van der Waals surface area (Å²) in [4.78, 5) is 11.9. The van der Waals surface area contributed by atoms with E-state index in [-0.39, 0.29) is 11.8 Å². The highest BCUT2D eigenvalue weighted by Crippen LogP contribution is 2.25. The number of nitrogens with two attached hydrogens (primary N) is 1. The zero-order valence-corrected chi connectivity index (χ0v) is 11.3. The molecule has 0 aromatic heterocycles. The lowest BCUT2D eigenvalue weighted by Crippen LogP contribution is -2.20. The second-order valence-corrected chi connectivity index (χ2v) is 4.49. The number of rotatable bonds is 6. The largest absolute Gasteiger partial charge is 0.495 e. The van der Waals surface area contributed by atoms with Gasteiger partial charge in [0, 0.05) is 17.7 Å². The van der Waals surface area contributed by atoms with Crippen LogP contribution in [0.4, 0.5) is 11.4 Å². The van der Waals surface area contributed by atoms with E-state index in [1.54, 1.807) is 25.3 Å². The predicted molar refractivity (Wildman–Crippen MR) is 74.7 cm³/mol. The molecule has 0 saturated carbocycles. The van der Waals surface area contributed by atoms with Gasteiger partial charge in [-0.2, -0.15) is 0 Å². The highest BCUT2D eigenvalue weighted by molar-refractivity contribution is 5.92. The minimum absolute atomic E-state index is 0.0218. The molecule has 1 amide bonds. The highest BCUT2D eigenvalue weighted by atomic mass is 16.5. The summed E-state index contributed by atoms with van der Waals surface area (Å²) in [6.07, 6.45) is 3.08. The summed E-state index contributed by atoms with van der Waals surface area (Å²) in [5.41, 5.74) is 7.00. The summed E-state index contributed by atoms with van der Waals surface area (Å²) < 4.78 is 5.12. The van der Waals surface area contributed by atoms with Gasteiger partial charge in [-0.05, 0) is 18.6 Å². The van der Waals surface area contributed by atoms with Crippen molar-refractivity contribution in [3.8, 4) is 5.75 Å². The summed E-state index contributed by atoms with van der Waals surface area (Å²) in [5.74, 6) is 0.637. The smallest absolute Gasteiger partial charge is 0.227 e. The van der Waals surface area contributed by atoms with Crippen LogP contribution in [0.1, 0.15) is 33.1 Å². The average molecular weight is 250 g/mol. The lowest BCUT2D eigenvalue weighted by Gasteiger charge is -2.13. The average Bonchev–Trinajstić information content (AvgIpc) is 2.37. The summed E-state index contributed by atoms with van der Waals surface area (Å²) in [6, 6.07) is 5.24. The number of unbranched alkanes of at least 4 members (excludes halogenated alkanes) is 1. The van der Waals surface area contributed by atoms with Crippen molar-refractivity contribution < 1.29 is 9.53 Å². The molecule has 0 aliphatic heterocycles. The first-order valence-corrected chi connectivity index (χ1v) is 6.32. The number of hydrogen-bond acceptors (Lipinski definition) is 3. The van der Waals surface area contributed by atoms with E-state index < -0.39 is 0 Å². The molecule has 1 unspecified atom stereocenters. The third-order valence-electron chi connectivity index (χ3n) is 2.94. The molecular formula is C14H22N2O2. The van der Waals surface area contributed by atoms with Crippen LogP contribution in [-0.2, 0) is 4.79 Å². The number of methoxy groups -OCH3 is 1. The molecule has 0 fully saturated rings. The van der Waals surface area contributed by atoms with Gasteiger partial charge in [0.05, 0.1) is 12.8 Å². The molecule has 0 saturated heterocycles. The zero-order chi connectivity index (χ0) is 13.5. The van der Waals surface area contributed by atoms with E-state index in [9.17, 15) is 4.79 Å². The first kappa shape index (κ1) is 14.4. The van der Waals surface area contributed by atoms with Crippen LogP contribution in [0, 0.1) is 5.92 Å². The van der Waals surface area contributed by atoms with E-state index in [4.69, 9.17) is 10.5 Å². The maximum absolute atomic E-state index is 11.9. The van der Waals surface area contributed by atoms with Crippen molar-refractivity contribution in [1.29, 1.82) is 0 Å². The summed E-state index contributed by atoms with van der Waals surface area (Å²) in [7, 11) is 1.56. The van der Waals surface area contributed by atoms with Gasteiger partial charge < -0.3 is 15.8 Å². The quantitative estimate of drug-likeness (QED) is 0.763. The van der Waals surface area contributed by atoms with Crippen molar-refractivity contribution in [3.63, 3.8) is 0 Å². The molecule has 4 heteroatoms. The Kier molecular flexibility index (Phi) is 5.49. The van der Waals surface area contributed by atoms with Crippen LogP contribution in [0.5, 0.6) is 5.75 Å². The van der Waals surface area contributed by atoms with Crippen molar-refractivity contribution >= 4 is 17.3 Å². The van der Waals surface area contributed by atoms with Crippen molar-refractivity contribution in [1.82, 2.24) is 0 Å². The minimum Gasteiger partial charge on any atom is -0.495 e. The molecule has 100 valence electrons. The number of carbonyl (C=O) groups is 1. The predicted octanol–water partition coefficient (Wildman–Crippen LogP) is 3.04. The Labute approximate surface area is 109 Å². The Morgan fingerprint density at radius 3 is 2.83 bits per heavy atom. The lowest BCUT2D eigenvalue weighted by atomic mass is 10.0. The Balaban J connectivity index is 2.64. The first-order chi connectivity index (χ1) is 8.58. The Hall–Kier alpha value is -1.71. The summed E-state index contributed by atoms with van der Waals surface area (Å²) >= 11 is 0. The van der Waals surface area contributed by atoms with Crippen LogP contribution in [0.2, 0.25) is 0 Å². The van der Waals surface area contributed by atoms with Gasteiger partial charge in [-0.15, -0.1) is 0 Å². The number of amides is 1. The Morgan fingerprint density at radius 1 is 1.50 bits per heavy atom. The molecular weight excluding hydrogens is 228 g/mol. The molecule has 0 aliphatic carbocycles. The molecule has 0 heterocycles. The summed E-state index contributed by atoms with van der Waals surface area (Å²) in [5, 5.41) is 2.88. The minimum atomic E-state index is 0.0218. The maximum atomic E-state index is 11.9. The number of anilines is 2. The fraction of sp³-hybridized carbons (Fsp3) is 0.500. The topological polar surface area (TPSA) is 64.4 Å². The number of benzene rings is 1. The second kappa shape index (κ2) is 6.89. The zero-order valence-electron chi connectivity index (χ0n) is 11.3. The van der Waals surface area contributed by atoms with Gasteiger partial charge in [-0.1, -0.05) is 26.7 Å². The molecule has 1 atom stereocenters. The molecule has 0 radical (unpaired) electrons. The van der Waals surface area contributed by atoms with Gasteiger partial charge in [0.2, 0.25) is 5.91 Å². The fourth-order valence-corrected chi connectivity index (χ4v) is 1.70. The van der Waals surface area contributed by atoms with E-state index in [0.717, 1.165) is 24.9 Å². The van der Waals surface area contributed by atoms with Crippen molar-refractivity contribution in [2.24, 2.45) is 5.92 Å². The van der Waals surface area contributed by atoms with Gasteiger partial charge in [-0.25, -0.2) is 0 Å². The SMILES string of the molecule is CCCCC(C)C(=O)Nc1ccc(N)c(OC)c1. The third-order valence-corrected chi connectivity index (χ3v) is 2.94. The van der Waals surface area contributed by atoms with Gasteiger partial charge >= 0.3 is 0 Å². The van der Waals surface area contributed by atoms with Crippen molar-refractivity contribution in [3.05, 3.63) is 18.2 Å². The summed E-state index contributed by atoms with van der Waals surface area (Å²) in [6.45, 7) is 4.06. The molecule has 0 bridgehead atoms. The first-order valence-electron chi connectivity index (χ1n) is 6.32. The van der Waals surface area contributed by atoms with Crippen LogP contribution in [0.15, 0.2) is 18.2 Å². The number of ether oxygens (including phenoxy) is 1. The molecule has 1 aromatic carbocycles. The molecule has 1 aromatic rings. The second-order valence-electron chi connectivity index (χ2n) is 4.49. The van der Waals surface area contributed by atoms with Crippen LogP contribution in [-0.4, -0.2) is 13.0 Å². The van der Waals surface area contributed by atoms with Gasteiger partial charge in [-0.3, -0.25) is 4.79 Å². The van der Waals surface area contributed by atoms with Gasteiger partial charge in [0.25, 0.3) is 0 Å². The number of carbonyl (C=O) groups excluding carboxylic acids is 1. The van der Waals surface area contributed by atoms with Gasteiger partial charge in [0.15, 0.2) is 0 Å². The fourth-order valence-electron chi connectivity index (χ4n) is 1.70. The van der Waals surface area contributed by atoms with Crippen LogP contribution in [0.3, 0.4) is 0 Å². The van der Waals surface area contributed by atoms with E-state index in [2.05, 4.69) is 12.2 Å². The molecule has 4 nitrogen and oxygen atoms in total. The molecule has 0 aliphatic rings. The number of hydrogen-bond donors (Lipinski definition) is 2. The molecule has 18 heavy (non-hydrogen) atoms. The van der Waals surface area contributed by atoms with E-state index in [1.807, 2.05) is 6.92 Å². The lowest BCUT2D eigenvalue weighted by molar-refractivity contribution is -0.119. The van der Waals surface area contributed by atoms with Crippen LogP contribution in [0.25, 0.3) is 0 Å². The Bertz CT molecular complexity index is 405. The monoisotopic (exact) mass is 250 g/mol. The van der Waals surface area contributed by atoms with Crippen molar-refractivity contribution in [2.45, 2.75) is 33.1 Å². The van der Waals surface area contributed by atoms with E-state index >= 15 is 0 Å². The van der Waals surface area contributed by atoms with Crippen LogP contribution < -0.4 is 15.8 Å². The maximum Gasteiger partial charge on any atom is 0.227 e.